The molecule has 0 aliphatic carbocycles. The molecular formula is C14H18BrNO4. The summed E-state index contributed by atoms with van der Waals surface area (Å²) in [6.45, 7) is 2.17. The first-order valence-electron chi connectivity index (χ1n) is 6.38. The lowest BCUT2D eigenvalue weighted by Gasteiger charge is -2.13. The van der Waals surface area contributed by atoms with Crippen molar-refractivity contribution in [2.24, 2.45) is 5.92 Å². The van der Waals surface area contributed by atoms with Crippen LogP contribution in [0.2, 0.25) is 0 Å². The van der Waals surface area contributed by atoms with Crippen molar-refractivity contribution in [2.45, 2.75) is 19.8 Å². The van der Waals surface area contributed by atoms with E-state index in [2.05, 4.69) is 21.2 Å². The van der Waals surface area contributed by atoms with Crippen LogP contribution in [0.3, 0.4) is 0 Å². The van der Waals surface area contributed by atoms with E-state index < -0.39 is 5.97 Å². The van der Waals surface area contributed by atoms with Gasteiger partial charge in [-0.15, -0.1) is 0 Å². The Labute approximate surface area is 126 Å². The molecule has 1 aromatic carbocycles. The maximum Gasteiger partial charge on any atom is 0.303 e. The molecule has 110 valence electrons. The zero-order valence-corrected chi connectivity index (χ0v) is 12.9. The highest BCUT2D eigenvalue weighted by Gasteiger charge is 2.12. The van der Waals surface area contributed by atoms with E-state index in [1.165, 1.54) is 0 Å². The standard InChI is InChI=1S/C14H18BrNO4/c1-2-10(6-14(18)19)8-16-13(17)9-20-12-5-3-4-11(15)7-12/h3-5,7,10H,2,6,8-9H2,1H3,(H,16,17)(H,18,19). The van der Waals surface area contributed by atoms with Crippen molar-refractivity contribution < 1.29 is 19.4 Å². The molecule has 0 radical (unpaired) electrons. The van der Waals surface area contributed by atoms with Crippen LogP contribution in [0.1, 0.15) is 19.8 Å². The highest BCUT2D eigenvalue weighted by Crippen LogP contribution is 2.17. The fraction of sp³-hybridized carbons (Fsp3) is 0.429. The van der Waals surface area contributed by atoms with Crippen molar-refractivity contribution in [3.63, 3.8) is 0 Å². The van der Waals surface area contributed by atoms with Gasteiger partial charge in [0.05, 0.1) is 0 Å². The van der Waals surface area contributed by atoms with Gasteiger partial charge in [-0.25, -0.2) is 0 Å². The van der Waals surface area contributed by atoms with Crippen molar-refractivity contribution in [1.29, 1.82) is 0 Å². The summed E-state index contributed by atoms with van der Waals surface area (Å²) < 4.78 is 6.21. The minimum atomic E-state index is -0.850. The summed E-state index contributed by atoms with van der Waals surface area (Å²) in [4.78, 5) is 22.2. The molecule has 5 nitrogen and oxygen atoms in total. The van der Waals surface area contributed by atoms with Crippen molar-refractivity contribution in [1.82, 2.24) is 5.32 Å². The van der Waals surface area contributed by atoms with Gasteiger partial charge in [-0.3, -0.25) is 9.59 Å². The van der Waals surface area contributed by atoms with Gasteiger partial charge < -0.3 is 15.2 Å². The van der Waals surface area contributed by atoms with Crippen LogP contribution in [0.4, 0.5) is 0 Å². The Morgan fingerprint density at radius 2 is 2.20 bits per heavy atom. The Kier molecular flexibility index (Phi) is 7.08. The van der Waals surface area contributed by atoms with Crippen molar-refractivity contribution in [3.05, 3.63) is 28.7 Å². The van der Waals surface area contributed by atoms with Gasteiger partial charge >= 0.3 is 5.97 Å². The number of aliphatic carboxylic acids is 1. The Morgan fingerprint density at radius 3 is 2.80 bits per heavy atom. The average Bonchev–Trinajstić information content (AvgIpc) is 2.40. The molecular weight excluding hydrogens is 326 g/mol. The highest BCUT2D eigenvalue weighted by molar-refractivity contribution is 9.10. The van der Waals surface area contributed by atoms with E-state index in [-0.39, 0.29) is 24.9 Å². The monoisotopic (exact) mass is 343 g/mol. The number of ether oxygens (including phenoxy) is 1. The third-order valence-electron chi connectivity index (χ3n) is 2.79. The molecule has 0 heterocycles. The fourth-order valence-corrected chi connectivity index (χ4v) is 2.00. The molecule has 1 atom stereocenters. The topological polar surface area (TPSA) is 75.6 Å². The van der Waals surface area contributed by atoms with Gasteiger partial charge in [-0.05, 0) is 24.1 Å². The normalized spacial score (nSPS) is 11.7. The molecule has 0 spiro atoms. The Balaban J connectivity index is 2.31. The van der Waals surface area contributed by atoms with Gasteiger partial charge in [0.15, 0.2) is 6.61 Å². The summed E-state index contributed by atoms with van der Waals surface area (Å²) >= 11 is 3.32. The van der Waals surface area contributed by atoms with E-state index >= 15 is 0 Å². The molecule has 1 unspecified atom stereocenters. The van der Waals surface area contributed by atoms with Gasteiger partial charge in [0.1, 0.15) is 5.75 Å². The minimum absolute atomic E-state index is 0.0534. The van der Waals surface area contributed by atoms with E-state index in [0.717, 1.165) is 4.47 Å². The Bertz CT molecular complexity index is 464. The zero-order valence-electron chi connectivity index (χ0n) is 11.3. The molecule has 20 heavy (non-hydrogen) atoms. The zero-order chi connectivity index (χ0) is 15.0. The lowest BCUT2D eigenvalue weighted by molar-refractivity contribution is -0.138. The summed E-state index contributed by atoms with van der Waals surface area (Å²) in [7, 11) is 0. The largest absolute Gasteiger partial charge is 0.484 e. The fourth-order valence-electron chi connectivity index (χ4n) is 1.62. The second kappa shape index (κ2) is 8.58. The molecule has 6 heteroatoms. The third kappa shape index (κ3) is 6.56. The van der Waals surface area contributed by atoms with Crippen LogP contribution in [-0.2, 0) is 9.59 Å². The van der Waals surface area contributed by atoms with Gasteiger partial charge in [0.2, 0.25) is 0 Å². The molecule has 0 bridgehead atoms. The summed E-state index contributed by atoms with van der Waals surface area (Å²) in [5.74, 6) is -0.556. The van der Waals surface area contributed by atoms with E-state index in [0.29, 0.717) is 18.7 Å². The molecule has 2 N–H and O–H groups in total. The van der Waals surface area contributed by atoms with E-state index in [9.17, 15) is 9.59 Å². The smallest absolute Gasteiger partial charge is 0.303 e. The summed E-state index contributed by atoms with van der Waals surface area (Å²) in [6, 6.07) is 7.21. The molecule has 0 saturated carbocycles. The van der Waals surface area contributed by atoms with Crippen LogP contribution in [0.15, 0.2) is 28.7 Å². The molecule has 1 aromatic rings. The molecule has 0 fully saturated rings. The number of carbonyl (C=O) groups excluding carboxylic acids is 1. The van der Waals surface area contributed by atoms with E-state index in [1.54, 1.807) is 12.1 Å². The number of rotatable bonds is 8. The molecule has 1 amide bonds. The summed E-state index contributed by atoms with van der Waals surface area (Å²) in [5, 5.41) is 11.4. The average molecular weight is 344 g/mol. The van der Waals surface area contributed by atoms with E-state index in [1.807, 2.05) is 19.1 Å². The first-order valence-corrected chi connectivity index (χ1v) is 7.17. The maximum absolute atomic E-state index is 11.6. The summed E-state index contributed by atoms with van der Waals surface area (Å²) in [6.07, 6.45) is 0.766. The maximum atomic E-state index is 11.6. The molecule has 1 rings (SSSR count). The van der Waals surface area contributed by atoms with Crippen LogP contribution in [0, 0.1) is 5.92 Å². The number of carbonyl (C=O) groups is 2. The van der Waals surface area contributed by atoms with Crippen molar-refractivity contribution in [3.8, 4) is 5.75 Å². The lowest BCUT2D eigenvalue weighted by atomic mass is 10.0. The van der Waals surface area contributed by atoms with Crippen molar-refractivity contribution in [2.75, 3.05) is 13.2 Å². The van der Waals surface area contributed by atoms with Crippen LogP contribution in [-0.4, -0.2) is 30.1 Å². The molecule has 0 saturated heterocycles. The number of benzene rings is 1. The van der Waals surface area contributed by atoms with Crippen LogP contribution >= 0.6 is 15.9 Å². The number of halogens is 1. The number of carboxylic acids is 1. The predicted molar refractivity (Wildman–Crippen MR) is 78.7 cm³/mol. The first kappa shape index (κ1) is 16.5. The van der Waals surface area contributed by atoms with Gasteiger partial charge in [0.25, 0.3) is 5.91 Å². The predicted octanol–water partition coefficient (Wildman–Crippen LogP) is 2.45. The molecule has 0 aliphatic heterocycles. The highest BCUT2D eigenvalue weighted by atomic mass is 79.9. The number of amides is 1. The van der Waals surface area contributed by atoms with E-state index in [4.69, 9.17) is 9.84 Å². The number of nitrogens with one attached hydrogen (secondary N) is 1. The Morgan fingerprint density at radius 1 is 1.45 bits per heavy atom. The quantitative estimate of drug-likeness (QED) is 0.760. The second-order valence-corrected chi connectivity index (χ2v) is 5.34. The first-order chi connectivity index (χ1) is 9.51. The van der Waals surface area contributed by atoms with Crippen molar-refractivity contribution >= 4 is 27.8 Å². The molecule has 0 aliphatic rings. The van der Waals surface area contributed by atoms with Gasteiger partial charge in [-0.2, -0.15) is 0 Å². The van der Waals surface area contributed by atoms with Crippen LogP contribution in [0.5, 0.6) is 5.75 Å². The van der Waals surface area contributed by atoms with Crippen LogP contribution in [0.25, 0.3) is 0 Å². The number of hydrogen-bond donors (Lipinski definition) is 2. The third-order valence-corrected chi connectivity index (χ3v) is 3.29. The minimum Gasteiger partial charge on any atom is -0.484 e. The summed E-state index contributed by atoms with van der Waals surface area (Å²) in [5.41, 5.74) is 0. The molecule has 0 aromatic heterocycles. The van der Waals surface area contributed by atoms with Crippen LogP contribution < -0.4 is 10.1 Å². The lowest BCUT2D eigenvalue weighted by Crippen LogP contribution is -2.33. The number of hydrogen-bond acceptors (Lipinski definition) is 3. The number of carboxylic acid groups (broad SMARTS) is 1. The van der Waals surface area contributed by atoms with Gasteiger partial charge in [0, 0.05) is 17.4 Å². The Hall–Kier alpha value is -1.56. The van der Waals surface area contributed by atoms with Gasteiger partial charge in [-0.1, -0.05) is 35.3 Å². The SMILES string of the molecule is CCC(CNC(=O)COc1cccc(Br)c1)CC(=O)O. The second-order valence-electron chi connectivity index (χ2n) is 4.42.